The molecule has 1 aliphatic heterocycles. The Morgan fingerprint density at radius 1 is 1.38 bits per heavy atom. The Morgan fingerprint density at radius 2 is 2.21 bits per heavy atom. The van der Waals surface area contributed by atoms with Gasteiger partial charge in [-0.15, -0.1) is 10.2 Å². The van der Waals surface area contributed by atoms with Crippen LogP contribution in [0.25, 0.3) is 0 Å². The predicted octanol–water partition coefficient (Wildman–Crippen LogP) is 2.97. The number of amides is 2. The molecule has 2 amide bonds. The Morgan fingerprint density at radius 3 is 2.92 bits per heavy atom. The van der Waals surface area contributed by atoms with Gasteiger partial charge in [0.25, 0.3) is 0 Å². The summed E-state index contributed by atoms with van der Waals surface area (Å²) in [5.74, 6) is -0.144. The van der Waals surface area contributed by atoms with Crippen LogP contribution in [0.4, 0.5) is 15.6 Å². The number of aryl methyl sites for hydroxylation is 2. The van der Waals surface area contributed by atoms with Crippen LogP contribution >= 0.6 is 23.1 Å². The maximum Gasteiger partial charge on any atom is 0.416 e. The molecule has 0 unspecified atom stereocenters. The van der Waals surface area contributed by atoms with Crippen molar-refractivity contribution in [2.45, 2.75) is 18.2 Å². The summed E-state index contributed by atoms with van der Waals surface area (Å²) >= 11 is 2.63. The summed E-state index contributed by atoms with van der Waals surface area (Å²) < 4.78 is 5.42. The Balaban J connectivity index is 1.56. The Hall–Kier alpha value is -2.13. The fraction of sp³-hybridized carbons (Fsp3) is 0.333. The third-order valence-corrected chi connectivity index (χ3v) is 5.50. The number of imide groups is 1. The second-order valence-electron chi connectivity index (χ2n) is 5.25. The number of carbonyl (C=O) groups excluding carboxylic acids is 2. The van der Waals surface area contributed by atoms with Gasteiger partial charge in [0.05, 0.1) is 12.3 Å². The highest BCUT2D eigenvalue weighted by atomic mass is 32.2. The average molecular weight is 364 g/mol. The largest absolute Gasteiger partial charge is 0.447 e. The van der Waals surface area contributed by atoms with Gasteiger partial charge in [-0.3, -0.25) is 4.79 Å². The summed E-state index contributed by atoms with van der Waals surface area (Å²) in [6, 6.07) is 6.08. The van der Waals surface area contributed by atoms with Gasteiger partial charge in [0.15, 0.2) is 4.34 Å². The van der Waals surface area contributed by atoms with E-state index in [1.54, 1.807) is 0 Å². The first-order valence-corrected chi connectivity index (χ1v) is 9.11. The summed E-state index contributed by atoms with van der Waals surface area (Å²) in [7, 11) is 0. The highest BCUT2D eigenvalue weighted by molar-refractivity contribution is 8.01. The zero-order valence-electron chi connectivity index (χ0n) is 13.2. The number of cyclic esters (lactones) is 1. The van der Waals surface area contributed by atoms with E-state index in [0.717, 1.165) is 10.6 Å². The molecule has 0 spiro atoms. The standard InChI is InChI=1S/C15H16N4O3S2/c1-9-3-4-11(7-10(9)2)16-13-17-18-14(24-13)23-8-12(20)19-5-6-22-15(19)21/h3-4,7H,5-6,8H2,1-2H3,(H,16,17). The van der Waals surface area contributed by atoms with Crippen LogP contribution < -0.4 is 5.32 Å². The van der Waals surface area contributed by atoms with Gasteiger partial charge in [0.2, 0.25) is 11.0 Å². The van der Waals surface area contributed by atoms with Crippen LogP contribution in [-0.2, 0) is 9.53 Å². The summed E-state index contributed by atoms with van der Waals surface area (Å²) in [4.78, 5) is 24.4. The molecule has 1 aromatic carbocycles. The van der Waals surface area contributed by atoms with Gasteiger partial charge in [-0.2, -0.15) is 0 Å². The molecule has 0 radical (unpaired) electrons. The minimum atomic E-state index is -0.574. The van der Waals surface area contributed by atoms with Crippen LogP contribution in [-0.4, -0.2) is 46.0 Å². The molecule has 0 bridgehead atoms. The number of nitrogens with one attached hydrogen (secondary N) is 1. The number of hydrogen-bond donors (Lipinski definition) is 1. The number of benzene rings is 1. The first-order valence-electron chi connectivity index (χ1n) is 7.30. The van der Waals surface area contributed by atoms with E-state index >= 15 is 0 Å². The number of anilines is 2. The van der Waals surface area contributed by atoms with Crippen LogP contribution in [0, 0.1) is 13.8 Å². The van der Waals surface area contributed by atoms with E-state index < -0.39 is 6.09 Å². The molecule has 2 heterocycles. The van der Waals surface area contributed by atoms with E-state index in [9.17, 15) is 9.59 Å². The molecule has 0 saturated carbocycles. The Labute approximate surface area is 147 Å². The van der Waals surface area contributed by atoms with Crippen LogP contribution in [0.1, 0.15) is 11.1 Å². The van der Waals surface area contributed by atoms with Crippen molar-refractivity contribution in [1.29, 1.82) is 0 Å². The minimum absolute atomic E-state index is 0.132. The molecule has 3 rings (SSSR count). The maximum atomic E-state index is 11.9. The van der Waals surface area contributed by atoms with Crippen LogP contribution in [0.5, 0.6) is 0 Å². The highest BCUT2D eigenvalue weighted by Gasteiger charge is 2.28. The fourth-order valence-corrected chi connectivity index (χ4v) is 3.73. The predicted molar refractivity (Wildman–Crippen MR) is 92.9 cm³/mol. The molecular weight excluding hydrogens is 348 g/mol. The number of rotatable bonds is 5. The van der Waals surface area contributed by atoms with Crippen LogP contribution in [0.3, 0.4) is 0 Å². The van der Waals surface area contributed by atoms with E-state index in [1.807, 2.05) is 18.2 Å². The van der Waals surface area contributed by atoms with Crippen molar-refractivity contribution in [2.75, 3.05) is 24.2 Å². The third-order valence-electron chi connectivity index (χ3n) is 3.55. The lowest BCUT2D eigenvalue weighted by Gasteiger charge is -2.08. The van der Waals surface area contributed by atoms with Crippen molar-refractivity contribution >= 4 is 45.9 Å². The van der Waals surface area contributed by atoms with Gasteiger partial charge >= 0.3 is 6.09 Å². The lowest BCUT2D eigenvalue weighted by molar-refractivity contribution is -0.125. The SMILES string of the molecule is Cc1ccc(Nc2nnc(SCC(=O)N3CCOC3=O)s2)cc1C. The molecule has 2 aromatic rings. The van der Waals surface area contributed by atoms with Crippen molar-refractivity contribution in [1.82, 2.24) is 15.1 Å². The Bertz CT molecular complexity index is 778. The number of ether oxygens (including phenoxy) is 1. The second kappa shape index (κ2) is 7.18. The lowest BCUT2D eigenvalue weighted by Crippen LogP contribution is -2.32. The van der Waals surface area contributed by atoms with Gasteiger partial charge < -0.3 is 10.1 Å². The zero-order chi connectivity index (χ0) is 17.1. The number of hydrogen-bond acceptors (Lipinski definition) is 8. The monoisotopic (exact) mass is 364 g/mol. The molecule has 126 valence electrons. The molecule has 1 aromatic heterocycles. The lowest BCUT2D eigenvalue weighted by atomic mass is 10.1. The first kappa shape index (κ1) is 16.7. The summed E-state index contributed by atoms with van der Waals surface area (Å²) in [5, 5.41) is 12.0. The molecule has 24 heavy (non-hydrogen) atoms. The summed E-state index contributed by atoms with van der Waals surface area (Å²) in [6.07, 6.45) is -0.574. The molecule has 1 saturated heterocycles. The number of carbonyl (C=O) groups is 2. The van der Waals surface area contributed by atoms with Crippen molar-refractivity contribution < 1.29 is 14.3 Å². The molecule has 7 nitrogen and oxygen atoms in total. The second-order valence-corrected chi connectivity index (χ2v) is 7.45. The zero-order valence-corrected chi connectivity index (χ0v) is 14.9. The normalized spacial score (nSPS) is 13.9. The number of nitrogens with zero attached hydrogens (tertiary/aromatic N) is 3. The Kier molecular flexibility index (Phi) is 5.00. The molecule has 0 aliphatic carbocycles. The van der Waals surface area contributed by atoms with Crippen molar-refractivity contribution in [2.24, 2.45) is 0 Å². The summed E-state index contributed by atoms with van der Waals surface area (Å²) in [5.41, 5.74) is 3.37. The molecular formula is C15H16N4O3S2. The highest BCUT2D eigenvalue weighted by Crippen LogP contribution is 2.28. The van der Waals surface area contributed by atoms with E-state index in [2.05, 4.69) is 29.4 Å². The van der Waals surface area contributed by atoms with Gasteiger partial charge in [0.1, 0.15) is 6.61 Å². The van der Waals surface area contributed by atoms with Crippen molar-refractivity contribution in [3.63, 3.8) is 0 Å². The van der Waals surface area contributed by atoms with E-state index in [-0.39, 0.29) is 18.3 Å². The smallest absolute Gasteiger partial charge is 0.416 e. The quantitative estimate of drug-likeness (QED) is 0.817. The van der Waals surface area contributed by atoms with Gasteiger partial charge in [-0.05, 0) is 37.1 Å². The third kappa shape index (κ3) is 3.85. The van der Waals surface area contributed by atoms with Crippen molar-refractivity contribution in [3.05, 3.63) is 29.3 Å². The molecule has 1 aliphatic rings. The van der Waals surface area contributed by atoms with E-state index in [1.165, 1.54) is 34.2 Å². The van der Waals surface area contributed by atoms with Crippen LogP contribution in [0.15, 0.2) is 22.5 Å². The molecule has 9 heteroatoms. The fourth-order valence-electron chi connectivity index (χ4n) is 2.08. The molecule has 1 fully saturated rings. The van der Waals surface area contributed by atoms with Crippen LogP contribution in [0.2, 0.25) is 0 Å². The van der Waals surface area contributed by atoms with Gasteiger partial charge in [-0.25, -0.2) is 9.69 Å². The maximum absolute atomic E-state index is 11.9. The minimum Gasteiger partial charge on any atom is -0.447 e. The van der Waals surface area contributed by atoms with Crippen molar-refractivity contribution in [3.8, 4) is 0 Å². The molecule has 0 atom stereocenters. The first-order chi connectivity index (χ1) is 11.5. The molecule has 1 N–H and O–H groups in total. The summed E-state index contributed by atoms with van der Waals surface area (Å²) in [6.45, 7) is 4.69. The van der Waals surface area contributed by atoms with Gasteiger partial charge in [-0.1, -0.05) is 29.2 Å². The van der Waals surface area contributed by atoms with E-state index in [4.69, 9.17) is 4.74 Å². The van der Waals surface area contributed by atoms with Gasteiger partial charge in [0, 0.05) is 5.69 Å². The number of thioether (sulfide) groups is 1. The topological polar surface area (TPSA) is 84.4 Å². The average Bonchev–Trinajstić information content (AvgIpc) is 3.17. The van der Waals surface area contributed by atoms with E-state index in [0.29, 0.717) is 16.0 Å². The number of aromatic nitrogens is 2.